The van der Waals surface area contributed by atoms with Gasteiger partial charge < -0.3 is 5.73 Å². The van der Waals surface area contributed by atoms with Gasteiger partial charge in [0.1, 0.15) is 0 Å². The highest BCUT2D eigenvalue weighted by molar-refractivity contribution is 7.93. The topological polar surface area (TPSA) is 63.4 Å². The van der Waals surface area contributed by atoms with E-state index >= 15 is 0 Å². The molecule has 0 aromatic heterocycles. The molecule has 0 amide bonds. The van der Waals surface area contributed by atoms with Crippen LogP contribution in [0.1, 0.15) is 12.5 Å². The number of nitrogens with two attached hydrogens (primary N) is 1. The highest BCUT2D eigenvalue weighted by Crippen LogP contribution is 2.31. The third-order valence-electron chi connectivity index (χ3n) is 2.86. The van der Waals surface area contributed by atoms with Crippen LogP contribution >= 0.6 is 11.6 Å². The molecule has 1 fully saturated rings. The standard InChI is InChI=1S/C13H15ClN2O2S/c1-10-8-16(19(17,18)9-10)13-7-12(14)5-4-11(13)3-2-6-15/h4-5,7,10H,6,8-9,15H2,1H3. The van der Waals surface area contributed by atoms with Gasteiger partial charge in [-0.2, -0.15) is 0 Å². The van der Waals surface area contributed by atoms with Crippen LogP contribution in [0, 0.1) is 17.8 Å². The first kappa shape index (κ1) is 14.2. The Labute approximate surface area is 118 Å². The summed E-state index contributed by atoms with van der Waals surface area (Å²) in [6, 6.07) is 5.05. The molecule has 0 aliphatic carbocycles. The fraction of sp³-hybridized carbons (Fsp3) is 0.385. The van der Waals surface area contributed by atoms with Gasteiger partial charge in [0.05, 0.1) is 18.0 Å². The minimum absolute atomic E-state index is 0.0966. The molecule has 19 heavy (non-hydrogen) atoms. The lowest BCUT2D eigenvalue weighted by atomic mass is 10.1. The van der Waals surface area contributed by atoms with Crippen molar-refractivity contribution in [3.05, 3.63) is 28.8 Å². The first-order valence-electron chi connectivity index (χ1n) is 5.93. The van der Waals surface area contributed by atoms with E-state index in [0.29, 0.717) is 22.8 Å². The first-order valence-corrected chi connectivity index (χ1v) is 7.91. The normalized spacial score (nSPS) is 21.0. The number of anilines is 1. The average molecular weight is 299 g/mol. The van der Waals surface area contributed by atoms with Crippen LogP contribution in [0.4, 0.5) is 5.69 Å². The molecule has 0 radical (unpaired) electrons. The Morgan fingerprint density at radius 2 is 2.26 bits per heavy atom. The van der Waals surface area contributed by atoms with Crippen molar-refractivity contribution in [2.75, 3.05) is 23.1 Å². The highest BCUT2D eigenvalue weighted by Gasteiger charge is 2.34. The number of sulfonamides is 1. The van der Waals surface area contributed by atoms with Gasteiger partial charge in [0.2, 0.25) is 10.0 Å². The van der Waals surface area contributed by atoms with Gasteiger partial charge in [-0.15, -0.1) is 0 Å². The molecule has 1 aromatic rings. The summed E-state index contributed by atoms with van der Waals surface area (Å²) in [5.41, 5.74) is 6.53. The zero-order valence-corrected chi connectivity index (χ0v) is 12.1. The molecule has 4 nitrogen and oxygen atoms in total. The van der Waals surface area contributed by atoms with E-state index in [1.807, 2.05) is 6.92 Å². The van der Waals surface area contributed by atoms with Gasteiger partial charge in [-0.25, -0.2) is 8.42 Å². The summed E-state index contributed by atoms with van der Waals surface area (Å²) in [4.78, 5) is 0. The third kappa shape index (κ3) is 3.03. The van der Waals surface area contributed by atoms with E-state index in [-0.39, 0.29) is 18.2 Å². The van der Waals surface area contributed by atoms with Gasteiger partial charge in [-0.05, 0) is 24.1 Å². The van der Waals surface area contributed by atoms with Crippen LogP contribution in [0.5, 0.6) is 0 Å². The van der Waals surface area contributed by atoms with Crippen LogP contribution in [0.2, 0.25) is 5.02 Å². The van der Waals surface area contributed by atoms with Crippen molar-refractivity contribution >= 4 is 27.3 Å². The summed E-state index contributed by atoms with van der Waals surface area (Å²) >= 11 is 5.96. The fourth-order valence-electron chi connectivity index (χ4n) is 2.11. The maximum absolute atomic E-state index is 12.1. The van der Waals surface area contributed by atoms with E-state index in [9.17, 15) is 8.42 Å². The summed E-state index contributed by atoms with van der Waals surface area (Å²) in [5.74, 6) is 5.88. The van der Waals surface area contributed by atoms with Crippen molar-refractivity contribution < 1.29 is 8.42 Å². The van der Waals surface area contributed by atoms with E-state index < -0.39 is 10.0 Å². The third-order valence-corrected chi connectivity index (χ3v) is 5.10. The van der Waals surface area contributed by atoms with Crippen molar-refractivity contribution in [2.45, 2.75) is 6.92 Å². The van der Waals surface area contributed by atoms with Crippen LogP contribution in [-0.4, -0.2) is 27.3 Å². The highest BCUT2D eigenvalue weighted by atomic mass is 35.5. The molecule has 102 valence electrons. The molecular formula is C13H15ClN2O2S. The minimum Gasteiger partial charge on any atom is -0.320 e. The van der Waals surface area contributed by atoms with Crippen molar-refractivity contribution in [3.63, 3.8) is 0 Å². The van der Waals surface area contributed by atoms with E-state index in [1.165, 1.54) is 4.31 Å². The number of nitrogens with zero attached hydrogens (tertiary/aromatic N) is 1. The molecule has 1 aliphatic heterocycles. The smallest absolute Gasteiger partial charge is 0.235 e. The van der Waals surface area contributed by atoms with Crippen LogP contribution in [0.25, 0.3) is 0 Å². The molecule has 1 saturated heterocycles. The van der Waals surface area contributed by atoms with E-state index in [0.717, 1.165) is 0 Å². The molecule has 0 saturated carbocycles. The Morgan fingerprint density at radius 1 is 1.53 bits per heavy atom. The predicted molar refractivity (Wildman–Crippen MR) is 77.7 cm³/mol. The Balaban J connectivity index is 2.52. The lowest BCUT2D eigenvalue weighted by Crippen LogP contribution is -2.26. The fourth-order valence-corrected chi connectivity index (χ4v) is 4.21. The van der Waals surface area contributed by atoms with Crippen molar-refractivity contribution in [3.8, 4) is 11.8 Å². The molecule has 1 unspecified atom stereocenters. The molecule has 1 atom stereocenters. The maximum atomic E-state index is 12.1. The summed E-state index contributed by atoms with van der Waals surface area (Å²) in [5, 5.41) is 0.489. The minimum atomic E-state index is -3.28. The summed E-state index contributed by atoms with van der Waals surface area (Å²) in [6.45, 7) is 2.60. The largest absolute Gasteiger partial charge is 0.320 e. The van der Waals surface area contributed by atoms with Gasteiger partial charge >= 0.3 is 0 Å². The Kier molecular flexibility index (Phi) is 4.04. The van der Waals surface area contributed by atoms with Crippen molar-refractivity contribution in [1.82, 2.24) is 0 Å². The van der Waals surface area contributed by atoms with E-state index in [2.05, 4.69) is 11.8 Å². The van der Waals surface area contributed by atoms with E-state index in [1.54, 1.807) is 18.2 Å². The summed E-state index contributed by atoms with van der Waals surface area (Å²) < 4.78 is 25.6. The second-order valence-electron chi connectivity index (χ2n) is 4.58. The number of hydrogen-bond donors (Lipinski definition) is 1. The van der Waals surface area contributed by atoms with E-state index in [4.69, 9.17) is 17.3 Å². The zero-order chi connectivity index (χ0) is 14.0. The molecule has 1 aliphatic rings. The lowest BCUT2D eigenvalue weighted by molar-refractivity contribution is 0.598. The Morgan fingerprint density at radius 3 is 2.84 bits per heavy atom. The van der Waals surface area contributed by atoms with Crippen LogP contribution in [-0.2, 0) is 10.0 Å². The molecule has 0 spiro atoms. The molecule has 0 bridgehead atoms. The summed E-state index contributed by atoms with van der Waals surface area (Å²) in [7, 11) is -3.28. The van der Waals surface area contributed by atoms with Gasteiger partial charge in [-0.3, -0.25) is 4.31 Å². The van der Waals surface area contributed by atoms with Gasteiger partial charge in [0, 0.05) is 17.1 Å². The molecule has 1 heterocycles. The average Bonchev–Trinajstić information content (AvgIpc) is 2.60. The molecular weight excluding hydrogens is 284 g/mol. The number of benzene rings is 1. The van der Waals surface area contributed by atoms with Crippen LogP contribution in [0.15, 0.2) is 18.2 Å². The number of rotatable bonds is 1. The second-order valence-corrected chi connectivity index (χ2v) is 6.96. The number of hydrogen-bond acceptors (Lipinski definition) is 3. The van der Waals surface area contributed by atoms with Crippen LogP contribution in [0.3, 0.4) is 0 Å². The molecule has 2 rings (SSSR count). The Hall–Kier alpha value is -1.22. The van der Waals surface area contributed by atoms with Crippen molar-refractivity contribution in [1.29, 1.82) is 0 Å². The quantitative estimate of drug-likeness (QED) is 0.798. The SMILES string of the molecule is CC1CN(c2cc(Cl)ccc2C#CCN)S(=O)(=O)C1. The maximum Gasteiger partial charge on any atom is 0.235 e. The monoisotopic (exact) mass is 298 g/mol. The van der Waals surface area contributed by atoms with Crippen molar-refractivity contribution in [2.24, 2.45) is 11.7 Å². The molecule has 2 N–H and O–H groups in total. The van der Waals surface area contributed by atoms with Gasteiger partial charge in [-0.1, -0.05) is 30.4 Å². The predicted octanol–water partition coefficient (Wildman–Crippen LogP) is 1.44. The van der Waals surface area contributed by atoms with Crippen LogP contribution < -0.4 is 10.0 Å². The zero-order valence-electron chi connectivity index (χ0n) is 10.6. The molecule has 6 heteroatoms. The molecule has 1 aromatic carbocycles. The first-order chi connectivity index (χ1) is 8.94. The van der Waals surface area contributed by atoms with Gasteiger partial charge in [0.15, 0.2) is 0 Å². The lowest BCUT2D eigenvalue weighted by Gasteiger charge is -2.19. The second kappa shape index (κ2) is 5.41. The number of halogens is 1. The van der Waals surface area contributed by atoms with Gasteiger partial charge in [0.25, 0.3) is 0 Å². The Bertz CT molecular complexity index is 646. The summed E-state index contributed by atoms with van der Waals surface area (Å²) in [6.07, 6.45) is 0.